The van der Waals surface area contributed by atoms with Gasteiger partial charge in [0.25, 0.3) is 5.91 Å². The monoisotopic (exact) mass is 251 g/mol. The fourth-order valence-corrected chi connectivity index (χ4v) is 3.78. The fraction of sp³-hybridized carbons (Fsp3) is 0.667. The summed E-state index contributed by atoms with van der Waals surface area (Å²) in [5, 5.41) is 7.63. The van der Waals surface area contributed by atoms with E-state index in [9.17, 15) is 4.79 Å². The van der Waals surface area contributed by atoms with E-state index in [-0.39, 0.29) is 5.91 Å². The summed E-state index contributed by atoms with van der Waals surface area (Å²) in [4.78, 5) is 17.2. The highest BCUT2D eigenvalue weighted by atomic mass is 32.1. The maximum absolute atomic E-state index is 12.1. The second-order valence-electron chi connectivity index (χ2n) is 5.01. The Balaban J connectivity index is 1.69. The topological polar surface area (TPSA) is 54.0 Å². The molecule has 4 nitrogen and oxygen atoms in total. The lowest BCUT2D eigenvalue weighted by Gasteiger charge is -2.21. The van der Waals surface area contributed by atoms with E-state index in [1.54, 1.807) is 0 Å². The van der Waals surface area contributed by atoms with E-state index in [1.807, 2.05) is 13.8 Å². The molecular weight excluding hydrogens is 234 g/mol. The van der Waals surface area contributed by atoms with Gasteiger partial charge >= 0.3 is 0 Å². The average Bonchev–Trinajstić information content (AvgIpc) is 2.93. The Morgan fingerprint density at radius 3 is 2.82 bits per heavy atom. The van der Waals surface area contributed by atoms with E-state index in [4.69, 9.17) is 0 Å². The normalized spacial score (nSPS) is 30.8. The van der Waals surface area contributed by atoms with Gasteiger partial charge in [0.2, 0.25) is 0 Å². The molecule has 3 heterocycles. The number of aryl methyl sites for hydroxylation is 2. The van der Waals surface area contributed by atoms with Crippen molar-refractivity contribution in [1.82, 2.24) is 15.6 Å². The largest absolute Gasteiger partial charge is 0.347 e. The summed E-state index contributed by atoms with van der Waals surface area (Å²) in [5.41, 5.74) is 0.848. The van der Waals surface area contributed by atoms with Crippen LogP contribution in [0.5, 0.6) is 0 Å². The molecular formula is C12H17N3OS. The van der Waals surface area contributed by atoms with Crippen LogP contribution in [-0.2, 0) is 0 Å². The van der Waals surface area contributed by atoms with Crippen LogP contribution in [0.2, 0.25) is 0 Å². The number of carbonyl (C=O) groups is 1. The lowest BCUT2D eigenvalue weighted by Crippen LogP contribution is -2.42. The van der Waals surface area contributed by atoms with Crippen molar-refractivity contribution in [2.45, 2.75) is 51.2 Å². The molecule has 92 valence electrons. The van der Waals surface area contributed by atoms with Crippen LogP contribution < -0.4 is 10.6 Å². The number of fused-ring (bicyclic) bond motifs is 2. The van der Waals surface area contributed by atoms with E-state index >= 15 is 0 Å². The Hall–Kier alpha value is -0.940. The Labute approximate surface area is 105 Å². The molecule has 0 spiro atoms. The zero-order valence-electron chi connectivity index (χ0n) is 10.1. The number of aromatic nitrogens is 1. The lowest BCUT2D eigenvalue weighted by atomic mass is 9.95. The van der Waals surface area contributed by atoms with E-state index in [2.05, 4.69) is 15.6 Å². The van der Waals surface area contributed by atoms with Gasteiger partial charge in [0.15, 0.2) is 0 Å². The molecule has 2 bridgehead atoms. The molecule has 0 radical (unpaired) electrons. The predicted molar refractivity (Wildman–Crippen MR) is 67.4 cm³/mol. The van der Waals surface area contributed by atoms with E-state index in [1.165, 1.54) is 24.2 Å². The lowest BCUT2D eigenvalue weighted by molar-refractivity contribution is 0.0934. The highest BCUT2D eigenvalue weighted by molar-refractivity contribution is 7.13. The summed E-state index contributed by atoms with van der Waals surface area (Å²) in [6.07, 6.45) is 3.53. The van der Waals surface area contributed by atoms with Crippen molar-refractivity contribution >= 4 is 17.2 Å². The van der Waals surface area contributed by atoms with Crippen LogP contribution >= 0.6 is 11.3 Å². The molecule has 0 saturated carbocycles. The van der Waals surface area contributed by atoms with Gasteiger partial charge in [0.1, 0.15) is 4.88 Å². The van der Waals surface area contributed by atoms with E-state index in [0.29, 0.717) is 18.1 Å². The molecule has 0 aliphatic carbocycles. The summed E-state index contributed by atoms with van der Waals surface area (Å²) >= 11 is 1.48. The molecule has 1 aromatic rings. The van der Waals surface area contributed by atoms with Crippen LogP contribution in [0.3, 0.4) is 0 Å². The number of amides is 1. The predicted octanol–water partition coefficient (Wildman–Crippen LogP) is 1.38. The third kappa shape index (κ3) is 1.98. The van der Waals surface area contributed by atoms with Crippen LogP contribution in [0.1, 0.15) is 39.6 Å². The second kappa shape index (κ2) is 4.07. The first kappa shape index (κ1) is 11.2. The molecule has 0 unspecified atom stereocenters. The highest BCUT2D eigenvalue weighted by Gasteiger charge is 2.39. The molecule has 0 aromatic carbocycles. The molecule has 2 saturated heterocycles. The minimum Gasteiger partial charge on any atom is -0.347 e. The van der Waals surface area contributed by atoms with Gasteiger partial charge in [0, 0.05) is 18.1 Å². The van der Waals surface area contributed by atoms with Gasteiger partial charge in [-0.2, -0.15) is 0 Å². The Morgan fingerprint density at radius 1 is 1.47 bits per heavy atom. The summed E-state index contributed by atoms with van der Waals surface area (Å²) in [5.74, 6) is 0.0486. The van der Waals surface area contributed by atoms with Crippen LogP contribution in [0.15, 0.2) is 0 Å². The number of carbonyl (C=O) groups excluding carboxylic acids is 1. The third-order valence-corrected chi connectivity index (χ3v) is 4.80. The maximum Gasteiger partial charge on any atom is 0.263 e. The first-order valence-electron chi connectivity index (χ1n) is 6.14. The van der Waals surface area contributed by atoms with Crippen molar-refractivity contribution in [3.8, 4) is 0 Å². The van der Waals surface area contributed by atoms with Crippen LogP contribution in [-0.4, -0.2) is 29.0 Å². The van der Waals surface area contributed by atoms with Crippen molar-refractivity contribution in [1.29, 1.82) is 0 Å². The zero-order chi connectivity index (χ0) is 12.0. The number of hydrogen-bond acceptors (Lipinski definition) is 4. The van der Waals surface area contributed by atoms with Gasteiger partial charge in [0.05, 0.1) is 10.7 Å². The molecule has 2 aliphatic heterocycles. The van der Waals surface area contributed by atoms with Crippen molar-refractivity contribution in [3.05, 3.63) is 15.6 Å². The summed E-state index contributed by atoms with van der Waals surface area (Å²) < 4.78 is 0. The first-order chi connectivity index (χ1) is 8.13. The quantitative estimate of drug-likeness (QED) is 0.835. The molecule has 1 amide bonds. The number of thiazole rings is 1. The molecule has 2 N–H and O–H groups in total. The SMILES string of the molecule is Cc1nc(C)c(C(=O)N[C@@H]2C[C@H]3CC[C@@H]2N3)s1. The Bertz CT molecular complexity index is 457. The second-order valence-corrected chi connectivity index (χ2v) is 6.21. The zero-order valence-corrected chi connectivity index (χ0v) is 10.9. The number of nitrogens with zero attached hydrogens (tertiary/aromatic N) is 1. The average molecular weight is 251 g/mol. The number of rotatable bonds is 2. The van der Waals surface area contributed by atoms with Gasteiger partial charge in [-0.15, -0.1) is 11.3 Å². The molecule has 17 heavy (non-hydrogen) atoms. The Kier molecular flexibility index (Phi) is 2.67. The van der Waals surface area contributed by atoms with Gasteiger partial charge in [-0.05, 0) is 33.1 Å². The Morgan fingerprint density at radius 2 is 2.29 bits per heavy atom. The molecule has 5 heteroatoms. The van der Waals surface area contributed by atoms with Gasteiger partial charge < -0.3 is 10.6 Å². The molecule has 3 atom stereocenters. The molecule has 1 aromatic heterocycles. The first-order valence-corrected chi connectivity index (χ1v) is 6.96. The van der Waals surface area contributed by atoms with Crippen molar-refractivity contribution in [2.75, 3.05) is 0 Å². The van der Waals surface area contributed by atoms with Crippen molar-refractivity contribution < 1.29 is 4.79 Å². The third-order valence-electron chi connectivity index (χ3n) is 3.73. The molecule has 2 aliphatic rings. The summed E-state index contributed by atoms with van der Waals surface area (Å²) in [7, 11) is 0. The van der Waals surface area contributed by atoms with E-state index in [0.717, 1.165) is 22.0 Å². The molecule has 2 fully saturated rings. The van der Waals surface area contributed by atoms with Crippen molar-refractivity contribution in [2.24, 2.45) is 0 Å². The smallest absolute Gasteiger partial charge is 0.263 e. The highest BCUT2D eigenvalue weighted by Crippen LogP contribution is 2.28. The number of nitrogens with one attached hydrogen (secondary N) is 2. The summed E-state index contributed by atoms with van der Waals surface area (Å²) in [6.45, 7) is 3.84. The fourth-order valence-electron chi connectivity index (χ4n) is 2.96. The van der Waals surface area contributed by atoms with E-state index < -0.39 is 0 Å². The van der Waals surface area contributed by atoms with Crippen LogP contribution in [0.25, 0.3) is 0 Å². The minimum absolute atomic E-state index is 0.0486. The molecule has 3 rings (SSSR count). The van der Waals surface area contributed by atoms with Gasteiger partial charge in [-0.3, -0.25) is 4.79 Å². The minimum atomic E-state index is 0.0486. The van der Waals surface area contributed by atoms with Crippen molar-refractivity contribution in [3.63, 3.8) is 0 Å². The number of hydrogen-bond donors (Lipinski definition) is 2. The maximum atomic E-state index is 12.1. The van der Waals surface area contributed by atoms with Crippen LogP contribution in [0, 0.1) is 13.8 Å². The van der Waals surface area contributed by atoms with Gasteiger partial charge in [-0.25, -0.2) is 4.98 Å². The van der Waals surface area contributed by atoms with Crippen LogP contribution in [0.4, 0.5) is 0 Å². The summed E-state index contributed by atoms with van der Waals surface area (Å²) in [6, 6.07) is 1.41. The van der Waals surface area contributed by atoms with Gasteiger partial charge in [-0.1, -0.05) is 0 Å². The standard InChI is InChI=1S/C12H17N3OS/c1-6-11(17-7(2)13-6)12(16)15-10-5-8-3-4-9(10)14-8/h8-10,14H,3-5H2,1-2H3,(H,15,16)/t8-,9+,10-/m1/s1.